The van der Waals surface area contributed by atoms with Crippen LogP contribution in [-0.2, 0) is 0 Å². The maximum Gasteiger partial charge on any atom is 0.317 e. The number of nitrogens with zero attached hydrogens (tertiary/aromatic N) is 1. The highest BCUT2D eigenvalue weighted by Crippen LogP contribution is 2.04. The summed E-state index contributed by atoms with van der Waals surface area (Å²) in [7, 11) is 0. The molecule has 0 aromatic carbocycles. The SMILES string of the molecule is NC(=O)Nc1cc(C#CCCO)ccn1. The number of nitrogens with one attached hydrogen (secondary N) is 1. The minimum Gasteiger partial charge on any atom is -0.395 e. The molecule has 0 radical (unpaired) electrons. The van der Waals surface area contributed by atoms with Gasteiger partial charge in [-0.3, -0.25) is 5.32 Å². The number of rotatable bonds is 2. The zero-order valence-electron chi connectivity index (χ0n) is 8.03. The van der Waals surface area contributed by atoms with Gasteiger partial charge in [0, 0.05) is 18.2 Å². The molecule has 5 heteroatoms. The first-order valence-corrected chi connectivity index (χ1v) is 4.34. The summed E-state index contributed by atoms with van der Waals surface area (Å²) < 4.78 is 0. The van der Waals surface area contributed by atoms with Crippen LogP contribution in [0.3, 0.4) is 0 Å². The summed E-state index contributed by atoms with van der Waals surface area (Å²) in [6, 6.07) is 2.65. The van der Waals surface area contributed by atoms with E-state index in [9.17, 15) is 4.79 Å². The molecule has 15 heavy (non-hydrogen) atoms. The fourth-order valence-electron chi connectivity index (χ4n) is 0.923. The molecule has 1 aromatic heterocycles. The standard InChI is InChI=1S/C10H11N3O2/c11-10(15)13-9-7-8(4-5-12-9)3-1-2-6-14/h4-5,7,14H,2,6H2,(H3,11,12,13,15). The first-order chi connectivity index (χ1) is 7.22. The molecule has 1 rings (SSSR count). The number of hydrogen-bond donors (Lipinski definition) is 3. The van der Waals surface area contributed by atoms with Crippen LogP contribution in [0, 0.1) is 11.8 Å². The molecule has 0 fully saturated rings. The van der Waals surface area contributed by atoms with E-state index in [-0.39, 0.29) is 6.61 Å². The normalized spacial score (nSPS) is 8.87. The summed E-state index contributed by atoms with van der Waals surface area (Å²) in [6.07, 6.45) is 1.94. The van der Waals surface area contributed by atoms with Crippen LogP contribution in [0.25, 0.3) is 0 Å². The van der Waals surface area contributed by atoms with E-state index in [1.165, 1.54) is 6.20 Å². The molecule has 0 saturated heterocycles. The Labute approximate surface area is 87.3 Å². The van der Waals surface area contributed by atoms with Gasteiger partial charge >= 0.3 is 6.03 Å². The average Bonchev–Trinajstić information content (AvgIpc) is 2.18. The maximum atomic E-state index is 10.5. The molecule has 0 saturated carbocycles. The largest absolute Gasteiger partial charge is 0.395 e. The van der Waals surface area contributed by atoms with Gasteiger partial charge in [-0.25, -0.2) is 9.78 Å². The predicted molar refractivity (Wildman–Crippen MR) is 56.0 cm³/mol. The fourth-order valence-corrected chi connectivity index (χ4v) is 0.923. The molecular weight excluding hydrogens is 194 g/mol. The Morgan fingerprint density at radius 3 is 3.13 bits per heavy atom. The van der Waals surface area contributed by atoms with Gasteiger partial charge in [0.05, 0.1) is 6.61 Å². The molecule has 0 aliphatic carbocycles. The Hall–Kier alpha value is -2.06. The van der Waals surface area contributed by atoms with Gasteiger partial charge in [-0.05, 0) is 12.1 Å². The van der Waals surface area contributed by atoms with Gasteiger partial charge in [-0.2, -0.15) is 0 Å². The maximum absolute atomic E-state index is 10.5. The number of carbonyl (C=O) groups is 1. The summed E-state index contributed by atoms with van der Waals surface area (Å²) in [6.45, 7) is 0.0322. The van der Waals surface area contributed by atoms with Crippen molar-refractivity contribution in [1.29, 1.82) is 0 Å². The molecule has 4 N–H and O–H groups in total. The van der Waals surface area contributed by atoms with Gasteiger partial charge in [0.1, 0.15) is 5.82 Å². The highest BCUT2D eigenvalue weighted by molar-refractivity contribution is 5.86. The third-order valence-electron chi connectivity index (χ3n) is 1.48. The number of primary amides is 1. The number of amides is 2. The van der Waals surface area contributed by atoms with Crippen molar-refractivity contribution in [2.75, 3.05) is 11.9 Å². The minimum absolute atomic E-state index is 0.0322. The number of anilines is 1. The third kappa shape index (κ3) is 4.11. The van der Waals surface area contributed by atoms with Crippen molar-refractivity contribution in [3.05, 3.63) is 23.9 Å². The van der Waals surface area contributed by atoms with Gasteiger partial charge in [-0.15, -0.1) is 0 Å². The van der Waals surface area contributed by atoms with E-state index >= 15 is 0 Å². The zero-order chi connectivity index (χ0) is 11.1. The van der Waals surface area contributed by atoms with Crippen LogP contribution in [0.1, 0.15) is 12.0 Å². The van der Waals surface area contributed by atoms with E-state index in [0.29, 0.717) is 17.8 Å². The van der Waals surface area contributed by atoms with Crippen molar-refractivity contribution in [2.45, 2.75) is 6.42 Å². The van der Waals surface area contributed by atoms with Crippen LogP contribution in [0.4, 0.5) is 10.6 Å². The minimum atomic E-state index is -0.664. The molecule has 0 unspecified atom stereocenters. The number of pyridine rings is 1. The summed E-state index contributed by atoms with van der Waals surface area (Å²) in [5.41, 5.74) is 5.65. The van der Waals surface area contributed by atoms with Gasteiger partial charge in [0.15, 0.2) is 0 Å². The second kappa shape index (κ2) is 5.62. The van der Waals surface area contributed by atoms with Gasteiger partial charge in [0.2, 0.25) is 0 Å². The van der Waals surface area contributed by atoms with Crippen LogP contribution >= 0.6 is 0 Å². The molecule has 1 heterocycles. The lowest BCUT2D eigenvalue weighted by Gasteiger charge is -1.99. The summed E-state index contributed by atoms with van der Waals surface area (Å²) in [5.74, 6) is 5.94. The monoisotopic (exact) mass is 205 g/mol. The van der Waals surface area contributed by atoms with E-state index in [0.717, 1.165) is 0 Å². The van der Waals surface area contributed by atoms with Crippen molar-refractivity contribution in [3.63, 3.8) is 0 Å². The van der Waals surface area contributed by atoms with Crippen LogP contribution in [0.5, 0.6) is 0 Å². The lowest BCUT2D eigenvalue weighted by Crippen LogP contribution is -2.19. The van der Waals surface area contributed by atoms with Crippen LogP contribution < -0.4 is 11.1 Å². The molecule has 1 aromatic rings. The number of nitrogens with two attached hydrogens (primary N) is 1. The molecule has 0 spiro atoms. The summed E-state index contributed by atoms with van der Waals surface area (Å²) in [5, 5.41) is 10.9. The molecule has 0 aliphatic heterocycles. The predicted octanol–water partition coefficient (Wildman–Crippen LogP) is 0.306. The Morgan fingerprint density at radius 1 is 1.67 bits per heavy atom. The van der Waals surface area contributed by atoms with Crippen molar-refractivity contribution in [3.8, 4) is 11.8 Å². The Bertz CT molecular complexity index is 407. The Kier molecular flexibility index (Phi) is 4.13. The number of aliphatic hydroxyl groups is 1. The zero-order valence-corrected chi connectivity index (χ0v) is 8.03. The molecule has 0 bridgehead atoms. The second-order valence-electron chi connectivity index (χ2n) is 2.69. The molecular formula is C10H11N3O2. The molecule has 0 aliphatic rings. The van der Waals surface area contributed by atoms with Crippen LogP contribution in [0.2, 0.25) is 0 Å². The highest BCUT2D eigenvalue weighted by atomic mass is 16.2. The Balaban J connectivity index is 2.75. The number of aromatic nitrogens is 1. The first-order valence-electron chi connectivity index (χ1n) is 4.34. The number of urea groups is 1. The fraction of sp³-hybridized carbons (Fsp3) is 0.200. The van der Waals surface area contributed by atoms with Gasteiger partial charge < -0.3 is 10.8 Å². The van der Waals surface area contributed by atoms with E-state index in [2.05, 4.69) is 22.1 Å². The van der Waals surface area contributed by atoms with Crippen molar-refractivity contribution in [2.24, 2.45) is 5.73 Å². The molecule has 5 nitrogen and oxygen atoms in total. The second-order valence-corrected chi connectivity index (χ2v) is 2.69. The molecule has 78 valence electrons. The molecule has 2 amide bonds. The van der Waals surface area contributed by atoms with Crippen LogP contribution in [-0.4, -0.2) is 22.7 Å². The topological polar surface area (TPSA) is 88.2 Å². The van der Waals surface area contributed by atoms with E-state index in [1.54, 1.807) is 12.1 Å². The van der Waals surface area contributed by atoms with Gasteiger partial charge in [-0.1, -0.05) is 11.8 Å². The number of hydrogen-bond acceptors (Lipinski definition) is 3. The lowest BCUT2D eigenvalue weighted by atomic mass is 10.2. The summed E-state index contributed by atoms with van der Waals surface area (Å²) >= 11 is 0. The quantitative estimate of drug-likeness (QED) is 0.607. The lowest BCUT2D eigenvalue weighted by molar-refractivity contribution is 0.259. The smallest absolute Gasteiger partial charge is 0.317 e. The highest BCUT2D eigenvalue weighted by Gasteiger charge is 1.97. The molecule has 0 atom stereocenters. The van der Waals surface area contributed by atoms with Gasteiger partial charge in [0.25, 0.3) is 0 Å². The average molecular weight is 205 g/mol. The Morgan fingerprint density at radius 2 is 2.47 bits per heavy atom. The van der Waals surface area contributed by atoms with Crippen molar-refractivity contribution < 1.29 is 9.90 Å². The van der Waals surface area contributed by atoms with Crippen molar-refractivity contribution in [1.82, 2.24) is 4.98 Å². The van der Waals surface area contributed by atoms with E-state index in [1.807, 2.05) is 0 Å². The van der Waals surface area contributed by atoms with Crippen LogP contribution in [0.15, 0.2) is 18.3 Å². The summed E-state index contributed by atoms with van der Waals surface area (Å²) in [4.78, 5) is 14.4. The third-order valence-corrected chi connectivity index (χ3v) is 1.48. The number of carbonyl (C=O) groups excluding carboxylic acids is 1. The van der Waals surface area contributed by atoms with Crippen molar-refractivity contribution >= 4 is 11.8 Å². The number of aliphatic hydroxyl groups excluding tert-OH is 1. The van der Waals surface area contributed by atoms with E-state index in [4.69, 9.17) is 10.8 Å². The van der Waals surface area contributed by atoms with E-state index < -0.39 is 6.03 Å². The first kappa shape index (κ1) is 11.0.